The Morgan fingerprint density at radius 2 is 2.44 bits per heavy atom. The van der Waals surface area contributed by atoms with Gasteiger partial charge >= 0.3 is 0 Å². The van der Waals surface area contributed by atoms with E-state index in [1.807, 2.05) is 7.05 Å². The van der Waals surface area contributed by atoms with Crippen LogP contribution in [0.5, 0.6) is 0 Å². The minimum absolute atomic E-state index is 0.379. The van der Waals surface area contributed by atoms with Crippen LogP contribution in [-0.2, 0) is 4.74 Å². The minimum Gasteiger partial charge on any atom is -0.378 e. The molecule has 0 spiro atoms. The van der Waals surface area contributed by atoms with Gasteiger partial charge in [-0.25, -0.2) is 0 Å². The summed E-state index contributed by atoms with van der Waals surface area (Å²) in [5.41, 5.74) is 0. The summed E-state index contributed by atoms with van der Waals surface area (Å²) in [4.78, 5) is 1.30. The van der Waals surface area contributed by atoms with E-state index < -0.39 is 0 Å². The molecule has 2 atom stereocenters. The van der Waals surface area contributed by atoms with Gasteiger partial charge in [0.05, 0.1) is 6.10 Å². The van der Waals surface area contributed by atoms with Gasteiger partial charge in [0, 0.05) is 22.0 Å². The van der Waals surface area contributed by atoms with Gasteiger partial charge in [-0.2, -0.15) is 0 Å². The predicted octanol–water partition coefficient (Wildman–Crippen LogP) is 4.77. The first kappa shape index (κ1) is 14.8. The smallest absolute Gasteiger partial charge is 0.107 e. The Morgan fingerprint density at radius 1 is 1.61 bits per heavy atom. The van der Waals surface area contributed by atoms with E-state index in [0.29, 0.717) is 12.1 Å². The lowest BCUT2D eigenvalue weighted by atomic mass is 10.0. The van der Waals surface area contributed by atoms with Crippen LogP contribution in [0.15, 0.2) is 10.5 Å². The number of nitrogens with one attached hydrogen (secondary N) is 1. The van der Waals surface area contributed by atoms with Crippen LogP contribution in [0.3, 0.4) is 0 Å². The second kappa shape index (κ2) is 7.25. The molecule has 1 fully saturated rings. The van der Waals surface area contributed by atoms with Crippen molar-refractivity contribution >= 4 is 38.9 Å². The molecule has 0 amide bonds. The molecule has 1 aromatic rings. The molecule has 2 rings (SSSR count). The van der Waals surface area contributed by atoms with Crippen molar-refractivity contribution in [2.75, 3.05) is 13.7 Å². The Labute approximate surface area is 126 Å². The van der Waals surface area contributed by atoms with Crippen LogP contribution in [-0.4, -0.2) is 19.8 Å². The molecule has 102 valence electrons. The summed E-state index contributed by atoms with van der Waals surface area (Å²) in [6.07, 6.45) is 6.42. The molecule has 1 N–H and O–H groups in total. The number of thiophene rings is 1. The van der Waals surface area contributed by atoms with Crippen molar-refractivity contribution in [2.45, 2.75) is 44.2 Å². The highest BCUT2D eigenvalue weighted by Crippen LogP contribution is 2.36. The molecule has 2 nitrogen and oxygen atoms in total. The summed E-state index contributed by atoms with van der Waals surface area (Å²) in [7, 11) is 2.01. The first-order chi connectivity index (χ1) is 8.70. The molecular weight excluding hydrogens is 334 g/mol. The molecule has 18 heavy (non-hydrogen) atoms. The minimum atomic E-state index is 0.379. The van der Waals surface area contributed by atoms with Crippen molar-refractivity contribution in [3.05, 3.63) is 19.8 Å². The molecular formula is C13H19BrClNOS. The van der Waals surface area contributed by atoms with Gasteiger partial charge in [-0.3, -0.25) is 0 Å². The zero-order valence-electron chi connectivity index (χ0n) is 10.5. The fourth-order valence-electron chi connectivity index (χ4n) is 2.35. The van der Waals surface area contributed by atoms with Gasteiger partial charge in [0.1, 0.15) is 4.34 Å². The summed E-state index contributed by atoms with van der Waals surface area (Å²) in [5.74, 6) is 0. The molecule has 5 heteroatoms. The number of hydrogen-bond acceptors (Lipinski definition) is 3. The lowest BCUT2D eigenvalue weighted by Gasteiger charge is -2.24. The molecule has 0 saturated carbocycles. The second-order valence-electron chi connectivity index (χ2n) is 4.68. The van der Waals surface area contributed by atoms with Gasteiger partial charge in [-0.1, -0.05) is 11.6 Å². The Balaban J connectivity index is 1.88. The SMILES string of the molecule is CNC(CCC1CCCCO1)c1cc(Br)c(Cl)s1. The highest BCUT2D eigenvalue weighted by atomic mass is 79.9. The normalized spacial score (nSPS) is 22.1. The molecule has 0 bridgehead atoms. The molecule has 0 aliphatic carbocycles. The molecule has 2 heterocycles. The molecule has 2 unspecified atom stereocenters. The summed E-state index contributed by atoms with van der Waals surface area (Å²) in [6, 6.07) is 2.50. The van der Waals surface area contributed by atoms with Crippen molar-refractivity contribution in [3.8, 4) is 0 Å². The monoisotopic (exact) mass is 351 g/mol. The quantitative estimate of drug-likeness (QED) is 0.824. The van der Waals surface area contributed by atoms with E-state index in [1.165, 1.54) is 24.1 Å². The van der Waals surface area contributed by atoms with Gasteiger partial charge in [-0.15, -0.1) is 11.3 Å². The van der Waals surface area contributed by atoms with Crippen LogP contribution in [0.1, 0.15) is 43.0 Å². The van der Waals surface area contributed by atoms with E-state index in [2.05, 4.69) is 27.3 Å². The van der Waals surface area contributed by atoms with E-state index in [0.717, 1.165) is 28.3 Å². The topological polar surface area (TPSA) is 21.3 Å². The standard InChI is InChI=1S/C13H19BrClNOS/c1-16-11(12-8-10(14)13(15)18-12)6-5-9-4-2-3-7-17-9/h8-9,11,16H,2-7H2,1H3. The lowest BCUT2D eigenvalue weighted by Crippen LogP contribution is -2.22. The van der Waals surface area contributed by atoms with E-state index in [1.54, 1.807) is 11.3 Å². The van der Waals surface area contributed by atoms with Crippen LogP contribution in [0, 0.1) is 0 Å². The molecule has 1 aliphatic heterocycles. The van der Waals surface area contributed by atoms with Crippen molar-refractivity contribution < 1.29 is 4.74 Å². The van der Waals surface area contributed by atoms with Crippen LogP contribution in [0.4, 0.5) is 0 Å². The van der Waals surface area contributed by atoms with Crippen LogP contribution in [0.25, 0.3) is 0 Å². The van der Waals surface area contributed by atoms with E-state index in [-0.39, 0.29) is 0 Å². The first-order valence-corrected chi connectivity index (χ1v) is 8.43. The molecule has 1 aliphatic rings. The van der Waals surface area contributed by atoms with Gasteiger partial charge in [0.15, 0.2) is 0 Å². The Bertz CT molecular complexity index is 360. The van der Waals surface area contributed by atoms with Crippen molar-refractivity contribution in [2.24, 2.45) is 0 Å². The zero-order valence-corrected chi connectivity index (χ0v) is 13.7. The van der Waals surface area contributed by atoms with Crippen molar-refractivity contribution in [1.82, 2.24) is 5.32 Å². The van der Waals surface area contributed by atoms with Gasteiger partial charge in [-0.05, 0) is 61.1 Å². The third kappa shape index (κ3) is 3.94. The number of rotatable bonds is 5. The van der Waals surface area contributed by atoms with Crippen LogP contribution in [0.2, 0.25) is 4.34 Å². The van der Waals surface area contributed by atoms with E-state index in [4.69, 9.17) is 16.3 Å². The average molecular weight is 353 g/mol. The summed E-state index contributed by atoms with van der Waals surface area (Å²) in [6.45, 7) is 0.936. The van der Waals surface area contributed by atoms with Crippen LogP contribution < -0.4 is 5.32 Å². The summed E-state index contributed by atoms with van der Waals surface area (Å²) >= 11 is 11.2. The number of ether oxygens (including phenoxy) is 1. The Kier molecular flexibility index (Phi) is 5.96. The predicted molar refractivity (Wildman–Crippen MR) is 81.7 cm³/mol. The Morgan fingerprint density at radius 3 is 3.00 bits per heavy atom. The van der Waals surface area contributed by atoms with E-state index in [9.17, 15) is 0 Å². The fourth-order valence-corrected chi connectivity index (χ4v) is 4.23. The lowest BCUT2D eigenvalue weighted by molar-refractivity contribution is 0.00871. The molecule has 0 aromatic carbocycles. The zero-order chi connectivity index (χ0) is 13.0. The average Bonchev–Trinajstić information content (AvgIpc) is 2.71. The van der Waals surface area contributed by atoms with Crippen LogP contribution >= 0.6 is 38.9 Å². The molecule has 0 radical (unpaired) electrons. The maximum atomic E-state index is 6.10. The maximum Gasteiger partial charge on any atom is 0.107 e. The highest BCUT2D eigenvalue weighted by molar-refractivity contribution is 9.10. The first-order valence-electron chi connectivity index (χ1n) is 6.44. The number of halogens is 2. The van der Waals surface area contributed by atoms with Gasteiger partial charge < -0.3 is 10.1 Å². The third-order valence-electron chi connectivity index (χ3n) is 3.41. The third-order valence-corrected chi connectivity index (χ3v) is 6.00. The molecule has 1 aromatic heterocycles. The van der Waals surface area contributed by atoms with Crippen molar-refractivity contribution in [1.29, 1.82) is 0 Å². The summed E-state index contributed by atoms with van der Waals surface area (Å²) < 4.78 is 7.61. The second-order valence-corrected chi connectivity index (χ2v) is 7.22. The van der Waals surface area contributed by atoms with Gasteiger partial charge in [0.25, 0.3) is 0 Å². The Hall–Kier alpha value is 0.390. The highest BCUT2D eigenvalue weighted by Gasteiger charge is 2.18. The van der Waals surface area contributed by atoms with Gasteiger partial charge in [0.2, 0.25) is 0 Å². The fraction of sp³-hybridized carbons (Fsp3) is 0.692. The van der Waals surface area contributed by atoms with E-state index >= 15 is 0 Å². The largest absolute Gasteiger partial charge is 0.378 e. The maximum absolute atomic E-state index is 6.10. The molecule has 1 saturated heterocycles. The summed E-state index contributed by atoms with van der Waals surface area (Å²) in [5, 5.41) is 3.37. The van der Waals surface area contributed by atoms with Crippen molar-refractivity contribution in [3.63, 3.8) is 0 Å². The number of hydrogen-bond donors (Lipinski definition) is 1.